The van der Waals surface area contributed by atoms with Gasteiger partial charge in [0, 0.05) is 12.5 Å². The van der Waals surface area contributed by atoms with E-state index in [9.17, 15) is 0 Å². The van der Waals surface area contributed by atoms with E-state index in [-0.39, 0.29) is 0 Å². The van der Waals surface area contributed by atoms with Crippen LogP contribution in [-0.2, 0) is 0 Å². The van der Waals surface area contributed by atoms with Crippen molar-refractivity contribution < 1.29 is 0 Å². The summed E-state index contributed by atoms with van der Waals surface area (Å²) in [5.74, 6) is 0.679. The van der Waals surface area contributed by atoms with Crippen molar-refractivity contribution in [3.05, 3.63) is 35.4 Å². The van der Waals surface area contributed by atoms with E-state index in [0.717, 1.165) is 6.54 Å². The molecule has 2 atom stereocenters. The zero-order valence-electron chi connectivity index (χ0n) is 12.8. The minimum Gasteiger partial charge on any atom is -0.316 e. The fourth-order valence-corrected chi connectivity index (χ4v) is 3.53. The molecule has 106 valence electrons. The Morgan fingerprint density at radius 1 is 1.32 bits per heavy atom. The second-order valence-electron chi connectivity index (χ2n) is 6.53. The number of nitrogens with one attached hydrogen (secondary N) is 1. The molecule has 1 aromatic carbocycles. The third kappa shape index (κ3) is 3.60. The van der Waals surface area contributed by atoms with Crippen LogP contribution in [0.4, 0.5) is 0 Å². The van der Waals surface area contributed by atoms with Crippen molar-refractivity contribution in [2.45, 2.75) is 58.8 Å². The molecular formula is C18H29N. The highest BCUT2D eigenvalue weighted by Crippen LogP contribution is 2.44. The van der Waals surface area contributed by atoms with Crippen LogP contribution in [-0.4, -0.2) is 13.1 Å². The first kappa shape index (κ1) is 14.6. The first-order valence-electron chi connectivity index (χ1n) is 7.93. The number of hydrogen-bond acceptors (Lipinski definition) is 1. The maximum absolute atomic E-state index is 3.60. The highest BCUT2D eigenvalue weighted by molar-refractivity contribution is 5.28. The predicted molar refractivity (Wildman–Crippen MR) is 83.7 cm³/mol. The van der Waals surface area contributed by atoms with Crippen LogP contribution in [0.3, 0.4) is 0 Å². The molecule has 1 fully saturated rings. The molecule has 1 heteroatoms. The molecule has 1 saturated heterocycles. The number of benzene rings is 1. The summed E-state index contributed by atoms with van der Waals surface area (Å²) in [4.78, 5) is 0. The van der Waals surface area contributed by atoms with Crippen LogP contribution in [0.15, 0.2) is 24.3 Å². The Labute approximate surface area is 118 Å². The van der Waals surface area contributed by atoms with Crippen molar-refractivity contribution in [2.24, 2.45) is 5.41 Å². The van der Waals surface area contributed by atoms with Gasteiger partial charge in [-0.2, -0.15) is 0 Å². The van der Waals surface area contributed by atoms with Crippen molar-refractivity contribution in [1.29, 1.82) is 0 Å². The van der Waals surface area contributed by atoms with Crippen LogP contribution in [0.25, 0.3) is 0 Å². The summed E-state index contributed by atoms with van der Waals surface area (Å²) >= 11 is 0. The molecule has 2 unspecified atom stereocenters. The molecule has 19 heavy (non-hydrogen) atoms. The SMILES string of the molecule is CCCCCC1(C)CCNCC1c1cccc(C)c1. The number of aryl methyl sites for hydroxylation is 1. The average molecular weight is 259 g/mol. The molecule has 0 radical (unpaired) electrons. The topological polar surface area (TPSA) is 12.0 Å². The van der Waals surface area contributed by atoms with Crippen LogP contribution in [0, 0.1) is 12.3 Å². The molecule has 0 spiro atoms. The standard InChI is InChI=1S/C18H29N/c1-4-5-6-10-18(3)11-12-19-14-17(18)16-9-7-8-15(2)13-16/h7-9,13,17,19H,4-6,10-12,14H2,1-3H3. The Hall–Kier alpha value is -0.820. The zero-order chi connectivity index (χ0) is 13.7. The lowest BCUT2D eigenvalue weighted by molar-refractivity contribution is 0.167. The molecule has 1 N–H and O–H groups in total. The van der Waals surface area contributed by atoms with Crippen LogP contribution in [0.2, 0.25) is 0 Å². The minimum atomic E-state index is 0.480. The van der Waals surface area contributed by atoms with Crippen LogP contribution < -0.4 is 5.32 Å². The molecule has 1 heterocycles. The number of piperidine rings is 1. The Bertz CT molecular complexity index is 398. The van der Waals surface area contributed by atoms with Gasteiger partial charge >= 0.3 is 0 Å². The number of unbranched alkanes of at least 4 members (excludes halogenated alkanes) is 2. The maximum atomic E-state index is 3.60. The van der Waals surface area contributed by atoms with E-state index in [1.807, 2.05) is 0 Å². The molecule has 0 bridgehead atoms. The van der Waals surface area contributed by atoms with Crippen molar-refractivity contribution in [3.63, 3.8) is 0 Å². The van der Waals surface area contributed by atoms with Gasteiger partial charge in [-0.05, 0) is 37.3 Å². The summed E-state index contributed by atoms with van der Waals surface area (Å²) in [7, 11) is 0. The Morgan fingerprint density at radius 2 is 2.16 bits per heavy atom. The lowest BCUT2D eigenvalue weighted by Gasteiger charge is -2.42. The largest absolute Gasteiger partial charge is 0.316 e. The highest BCUT2D eigenvalue weighted by atomic mass is 14.9. The number of rotatable bonds is 5. The van der Waals surface area contributed by atoms with Gasteiger partial charge in [-0.25, -0.2) is 0 Å². The van der Waals surface area contributed by atoms with E-state index in [4.69, 9.17) is 0 Å². The van der Waals surface area contributed by atoms with Gasteiger partial charge in [0.05, 0.1) is 0 Å². The summed E-state index contributed by atoms with van der Waals surface area (Å²) in [6.07, 6.45) is 6.78. The summed E-state index contributed by atoms with van der Waals surface area (Å²) in [6, 6.07) is 9.12. The first-order chi connectivity index (χ1) is 9.15. The molecule has 1 aliphatic heterocycles. The van der Waals surface area contributed by atoms with Crippen LogP contribution in [0.5, 0.6) is 0 Å². The Morgan fingerprint density at radius 3 is 2.89 bits per heavy atom. The van der Waals surface area contributed by atoms with Crippen molar-refractivity contribution in [3.8, 4) is 0 Å². The molecule has 0 amide bonds. The lowest BCUT2D eigenvalue weighted by Crippen LogP contribution is -2.42. The van der Waals surface area contributed by atoms with E-state index in [0.29, 0.717) is 11.3 Å². The van der Waals surface area contributed by atoms with Gasteiger partial charge in [-0.15, -0.1) is 0 Å². The van der Waals surface area contributed by atoms with E-state index in [1.54, 1.807) is 0 Å². The fraction of sp³-hybridized carbons (Fsp3) is 0.667. The molecule has 0 aliphatic carbocycles. The molecule has 1 aromatic rings. The normalized spacial score (nSPS) is 27.4. The Kier molecular flexibility index (Phi) is 5.04. The summed E-state index contributed by atoms with van der Waals surface area (Å²) in [5, 5.41) is 3.60. The van der Waals surface area contributed by atoms with Crippen molar-refractivity contribution in [2.75, 3.05) is 13.1 Å². The second-order valence-corrected chi connectivity index (χ2v) is 6.53. The predicted octanol–water partition coefficient (Wildman–Crippen LogP) is 4.66. The van der Waals surface area contributed by atoms with Crippen LogP contribution >= 0.6 is 0 Å². The van der Waals surface area contributed by atoms with Crippen molar-refractivity contribution in [1.82, 2.24) is 5.32 Å². The van der Waals surface area contributed by atoms with E-state index >= 15 is 0 Å². The molecule has 1 nitrogen and oxygen atoms in total. The first-order valence-corrected chi connectivity index (χ1v) is 7.93. The van der Waals surface area contributed by atoms with Crippen molar-refractivity contribution >= 4 is 0 Å². The van der Waals surface area contributed by atoms with Gasteiger partial charge in [0.2, 0.25) is 0 Å². The second kappa shape index (κ2) is 6.56. The van der Waals surface area contributed by atoms with E-state index in [1.165, 1.54) is 49.8 Å². The summed E-state index contributed by atoms with van der Waals surface area (Å²) < 4.78 is 0. The van der Waals surface area contributed by atoms with Gasteiger partial charge in [0.25, 0.3) is 0 Å². The maximum Gasteiger partial charge on any atom is 0.00254 e. The summed E-state index contributed by atoms with van der Waals surface area (Å²) in [5.41, 5.74) is 3.40. The fourth-order valence-electron chi connectivity index (χ4n) is 3.53. The zero-order valence-corrected chi connectivity index (χ0v) is 12.8. The van der Waals surface area contributed by atoms with Gasteiger partial charge in [-0.3, -0.25) is 0 Å². The molecule has 1 aliphatic rings. The molecule has 0 aromatic heterocycles. The monoisotopic (exact) mass is 259 g/mol. The Balaban J connectivity index is 2.15. The van der Waals surface area contributed by atoms with Gasteiger partial charge < -0.3 is 5.32 Å². The molecule has 0 saturated carbocycles. The average Bonchev–Trinajstić information content (AvgIpc) is 2.39. The summed E-state index contributed by atoms with van der Waals surface area (Å²) in [6.45, 7) is 9.34. The number of hydrogen-bond donors (Lipinski definition) is 1. The van der Waals surface area contributed by atoms with Gasteiger partial charge in [-0.1, -0.05) is 62.9 Å². The third-order valence-electron chi connectivity index (χ3n) is 4.86. The molecule has 2 rings (SSSR count). The lowest BCUT2D eigenvalue weighted by atomic mass is 9.66. The van der Waals surface area contributed by atoms with E-state index < -0.39 is 0 Å². The third-order valence-corrected chi connectivity index (χ3v) is 4.86. The van der Waals surface area contributed by atoms with Gasteiger partial charge in [0.1, 0.15) is 0 Å². The van der Waals surface area contributed by atoms with E-state index in [2.05, 4.69) is 50.4 Å². The quantitative estimate of drug-likeness (QED) is 0.758. The smallest absolute Gasteiger partial charge is 0.00254 e. The highest BCUT2D eigenvalue weighted by Gasteiger charge is 2.36. The van der Waals surface area contributed by atoms with Crippen LogP contribution in [0.1, 0.15) is 63.0 Å². The molecular weight excluding hydrogens is 230 g/mol. The van der Waals surface area contributed by atoms with Gasteiger partial charge in [0.15, 0.2) is 0 Å². The minimum absolute atomic E-state index is 0.480.